The summed E-state index contributed by atoms with van der Waals surface area (Å²) in [4.78, 5) is 51.8. The van der Waals surface area contributed by atoms with E-state index in [9.17, 15) is 0 Å². The largest absolute Gasteiger partial charge is 0.309 e. The van der Waals surface area contributed by atoms with Gasteiger partial charge in [0.15, 0.2) is 5.78 Å². The number of carbonyl (C=O) groups excluding carboxylic acids is 1. The highest BCUT2D eigenvalue weighted by Gasteiger charge is 2.23. The zero-order valence-electron chi connectivity index (χ0n) is 34.6. The van der Waals surface area contributed by atoms with Gasteiger partial charge in [-0.25, -0.2) is 0 Å². The quantitative estimate of drug-likeness (QED) is 0.150. The van der Waals surface area contributed by atoms with Crippen LogP contribution in [-0.2, 0) is 0 Å². The Hall–Kier alpha value is -9.49. The molecule has 0 fully saturated rings. The molecule has 14 rings (SSSR count). The van der Waals surface area contributed by atoms with Crippen molar-refractivity contribution in [1.82, 2.24) is 58.1 Å². The van der Waals surface area contributed by atoms with E-state index in [-0.39, 0.29) is 5.78 Å². The summed E-state index contributed by atoms with van der Waals surface area (Å²) in [6.07, 6.45) is 29.3. The Bertz CT molecular complexity index is 3600. The van der Waals surface area contributed by atoms with Crippen LogP contribution in [0.2, 0.25) is 0 Å². The molecule has 12 aromatic heterocycles. The van der Waals surface area contributed by atoms with Gasteiger partial charge in [-0.15, -0.1) is 0 Å². The molecule has 0 aliphatic carbocycles. The molecule has 0 atom stereocenters. The first-order valence-corrected chi connectivity index (χ1v) is 21.3. The highest BCUT2D eigenvalue weighted by Crippen LogP contribution is 2.38. The van der Waals surface area contributed by atoms with Crippen molar-refractivity contribution < 1.29 is 4.79 Å². The van der Waals surface area contributed by atoms with E-state index in [0.29, 0.717) is 11.1 Å². The number of nitrogens with zero attached hydrogens (tertiary/aromatic N) is 12. The van der Waals surface area contributed by atoms with Crippen LogP contribution in [0.5, 0.6) is 0 Å². The fourth-order valence-electron chi connectivity index (χ4n) is 10.1. The molecule has 0 unspecified atom stereocenters. The molecule has 0 saturated carbocycles. The summed E-state index contributed by atoms with van der Waals surface area (Å²) < 4.78 is 8.75. The molecule has 0 aliphatic heterocycles. The number of ketones is 1. The smallest absolute Gasteiger partial charge is 0.193 e. The zero-order chi connectivity index (χ0) is 43.5. The van der Waals surface area contributed by atoms with Gasteiger partial charge in [-0.05, 0) is 84.9 Å². The Morgan fingerprint density at radius 3 is 0.636 bits per heavy atom. The lowest BCUT2D eigenvalue weighted by molar-refractivity contribution is 0.103. The molecule has 13 nitrogen and oxygen atoms in total. The molecule has 14 aromatic rings. The van der Waals surface area contributed by atoms with Gasteiger partial charge in [0, 0.05) is 176 Å². The predicted octanol–water partition coefficient (Wildman–Crippen LogP) is 10.5. The summed E-state index contributed by atoms with van der Waals surface area (Å²) in [6, 6.07) is 28.3. The number of carbonyl (C=O) groups is 1. The Morgan fingerprint density at radius 1 is 0.273 bits per heavy atom. The van der Waals surface area contributed by atoms with Crippen LogP contribution in [0.15, 0.2) is 184 Å². The molecule has 2 aromatic carbocycles. The van der Waals surface area contributed by atoms with Gasteiger partial charge in [-0.3, -0.25) is 44.7 Å². The minimum absolute atomic E-state index is 0.164. The maximum atomic E-state index is 15.9. The molecular formula is C53H30N12O. The van der Waals surface area contributed by atoms with Gasteiger partial charge in [-0.1, -0.05) is 0 Å². The van der Waals surface area contributed by atoms with Crippen molar-refractivity contribution >= 4 is 93.0 Å². The maximum Gasteiger partial charge on any atom is 0.193 e. The molecule has 0 N–H and O–H groups in total. The number of rotatable bonds is 6. The molecule has 12 heterocycles. The van der Waals surface area contributed by atoms with Crippen LogP contribution in [0.3, 0.4) is 0 Å². The fourth-order valence-corrected chi connectivity index (χ4v) is 10.1. The van der Waals surface area contributed by atoms with E-state index in [4.69, 9.17) is 0 Å². The van der Waals surface area contributed by atoms with E-state index in [0.717, 1.165) is 110 Å². The third-order valence-corrected chi connectivity index (χ3v) is 12.8. The minimum Gasteiger partial charge on any atom is -0.309 e. The van der Waals surface area contributed by atoms with Crippen LogP contribution >= 0.6 is 0 Å². The maximum absolute atomic E-state index is 15.9. The van der Waals surface area contributed by atoms with Gasteiger partial charge >= 0.3 is 0 Å². The summed E-state index contributed by atoms with van der Waals surface area (Å²) in [7, 11) is 0. The molecule has 66 heavy (non-hydrogen) atoms. The topological polar surface area (TPSA) is 140 Å². The van der Waals surface area contributed by atoms with Crippen molar-refractivity contribution in [2.45, 2.75) is 0 Å². The Balaban J connectivity index is 1.07. The van der Waals surface area contributed by atoms with Crippen molar-refractivity contribution in [3.8, 4) is 22.7 Å². The molecule has 0 aliphatic rings. The summed E-state index contributed by atoms with van der Waals surface area (Å²) in [6.45, 7) is 0. The number of benzene rings is 2. The van der Waals surface area contributed by atoms with Gasteiger partial charge < -0.3 is 18.3 Å². The van der Waals surface area contributed by atoms with Gasteiger partial charge in [0.2, 0.25) is 0 Å². The van der Waals surface area contributed by atoms with E-state index in [2.05, 4.69) is 70.3 Å². The van der Waals surface area contributed by atoms with Crippen LogP contribution in [0, 0.1) is 0 Å². The first-order valence-electron chi connectivity index (χ1n) is 21.3. The SMILES string of the molecule is O=C(c1cc(-n2c3ccncc3c3cnccc32)cc(-n2c3ccncc3c3cnccc32)c1)c1cc(-n2c3ccncc3c3cnccc32)cc(-n2c3ccncc3c3cnccc32)c1. The van der Waals surface area contributed by atoms with Crippen molar-refractivity contribution in [3.05, 3.63) is 195 Å². The fraction of sp³-hybridized carbons (Fsp3) is 0. The number of hydrogen-bond donors (Lipinski definition) is 0. The van der Waals surface area contributed by atoms with E-state index in [1.54, 1.807) is 49.6 Å². The van der Waals surface area contributed by atoms with Gasteiger partial charge in [0.05, 0.1) is 44.1 Å². The third kappa shape index (κ3) is 5.13. The Morgan fingerprint density at radius 2 is 0.455 bits per heavy atom. The number of fused-ring (bicyclic) bond motifs is 12. The Labute approximate surface area is 372 Å². The number of aromatic nitrogens is 12. The second-order valence-electron chi connectivity index (χ2n) is 16.3. The molecule has 0 spiro atoms. The van der Waals surface area contributed by atoms with Gasteiger partial charge in [0.1, 0.15) is 0 Å². The normalized spacial score (nSPS) is 12.0. The summed E-state index contributed by atoms with van der Waals surface area (Å²) in [5.74, 6) is -0.164. The van der Waals surface area contributed by atoms with Crippen LogP contribution in [0.25, 0.3) is 110 Å². The molecule has 13 heteroatoms. The monoisotopic (exact) mass is 850 g/mol. The lowest BCUT2D eigenvalue weighted by atomic mass is 10.00. The van der Waals surface area contributed by atoms with E-state index in [1.165, 1.54) is 0 Å². The summed E-state index contributed by atoms with van der Waals surface area (Å²) in [5.41, 5.74) is 11.7. The van der Waals surface area contributed by atoms with Gasteiger partial charge in [-0.2, -0.15) is 0 Å². The van der Waals surface area contributed by atoms with Crippen LogP contribution in [0.4, 0.5) is 0 Å². The first kappa shape index (κ1) is 36.0. The van der Waals surface area contributed by atoms with Crippen molar-refractivity contribution in [1.29, 1.82) is 0 Å². The average Bonchev–Trinajstić information content (AvgIpc) is 4.11. The lowest BCUT2D eigenvalue weighted by Crippen LogP contribution is -2.09. The highest BCUT2D eigenvalue weighted by atomic mass is 16.1. The third-order valence-electron chi connectivity index (χ3n) is 12.8. The lowest BCUT2D eigenvalue weighted by Gasteiger charge is -2.17. The minimum atomic E-state index is -0.164. The Kier molecular flexibility index (Phi) is 7.51. The molecular weight excluding hydrogens is 821 g/mol. The van der Waals surface area contributed by atoms with Crippen LogP contribution in [0.1, 0.15) is 15.9 Å². The van der Waals surface area contributed by atoms with Crippen LogP contribution in [-0.4, -0.2) is 63.9 Å². The number of hydrogen-bond acceptors (Lipinski definition) is 9. The second kappa shape index (κ2) is 13.8. The summed E-state index contributed by atoms with van der Waals surface area (Å²) in [5, 5.41) is 7.65. The van der Waals surface area contributed by atoms with E-state index in [1.807, 2.05) is 122 Å². The van der Waals surface area contributed by atoms with E-state index < -0.39 is 0 Å². The standard InChI is InChI=1S/C53H30N12O/c66-53(31-17-33(62-45-1-9-54-23-37(45)38-24-55-10-2-46(38)62)21-34(18-31)63-47-3-11-56-25-39(47)40-26-57-12-4-48(40)63)32-19-35(64-49-5-13-58-27-41(49)42-28-59-14-6-50(42)64)22-36(20-32)65-51-7-15-60-29-43(51)44-30-61-16-8-52(44)65/h1-30H. The molecule has 0 saturated heterocycles. The second-order valence-corrected chi connectivity index (χ2v) is 16.3. The summed E-state index contributed by atoms with van der Waals surface area (Å²) >= 11 is 0. The van der Waals surface area contributed by atoms with E-state index >= 15 is 4.79 Å². The zero-order valence-corrected chi connectivity index (χ0v) is 34.6. The molecule has 0 radical (unpaired) electrons. The first-order chi connectivity index (χ1) is 32.7. The van der Waals surface area contributed by atoms with Crippen molar-refractivity contribution in [2.75, 3.05) is 0 Å². The van der Waals surface area contributed by atoms with Crippen LogP contribution < -0.4 is 0 Å². The predicted molar refractivity (Wildman–Crippen MR) is 256 cm³/mol. The van der Waals surface area contributed by atoms with Crippen molar-refractivity contribution in [3.63, 3.8) is 0 Å². The highest BCUT2D eigenvalue weighted by molar-refractivity contribution is 6.14. The molecule has 0 amide bonds. The average molecular weight is 851 g/mol. The van der Waals surface area contributed by atoms with Gasteiger partial charge in [0.25, 0.3) is 0 Å². The number of pyridine rings is 8. The van der Waals surface area contributed by atoms with Crippen molar-refractivity contribution in [2.24, 2.45) is 0 Å². The molecule has 308 valence electrons. The molecule has 0 bridgehead atoms.